The van der Waals surface area contributed by atoms with Crippen LogP contribution in [0, 0.1) is 6.92 Å². The van der Waals surface area contributed by atoms with E-state index in [9.17, 15) is 4.79 Å². The van der Waals surface area contributed by atoms with Gasteiger partial charge in [-0.15, -0.1) is 0 Å². The molecule has 0 bridgehead atoms. The fraction of sp³-hybridized carbons (Fsp3) is 0.0714. The van der Waals surface area contributed by atoms with E-state index in [0.717, 1.165) is 5.56 Å². The molecule has 0 unspecified atom stereocenters. The van der Waals surface area contributed by atoms with E-state index in [1.165, 1.54) is 0 Å². The first-order valence-electron chi connectivity index (χ1n) is 5.35. The molecule has 18 heavy (non-hydrogen) atoms. The first-order valence-corrected chi connectivity index (χ1v) is 6.52. The van der Waals surface area contributed by atoms with Crippen molar-refractivity contribution in [2.24, 2.45) is 0 Å². The van der Waals surface area contributed by atoms with E-state index >= 15 is 0 Å². The molecule has 0 saturated heterocycles. The van der Waals surface area contributed by atoms with Gasteiger partial charge in [0.2, 0.25) is 0 Å². The van der Waals surface area contributed by atoms with Crippen molar-refractivity contribution in [3.05, 3.63) is 62.6 Å². The highest BCUT2D eigenvalue weighted by Gasteiger charge is 2.14. The fourth-order valence-electron chi connectivity index (χ4n) is 1.74. The molecule has 2 rings (SSSR count). The molecule has 0 saturated carbocycles. The van der Waals surface area contributed by atoms with E-state index < -0.39 is 0 Å². The van der Waals surface area contributed by atoms with Gasteiger partial charge in [-0.2, -0.15) is 0 Å². The highest BCUT2D eigenvalue weighted by atomic mass is 79.9. The number of ketones is 1. The zero-order chi connectivity index (χ0) is 13.3. The van der Waals surface area contributed by atoms with Crippen molar-refractivity contribution in [3.63, 3.8) is 0 Å². The van der Waals surface area contributed by atoms with Gasteiger partial charge in [-0.1, -0.05) is 11.6 Å². The molecule has 0 aromatic heterocycles. The predicted molar refractivity (Wildman–Crippen MR) is 78.2 cm³/mol. The van der Waals surface area contributed by atoms with Crippen molar-refractivity contribution in [3.8, 4) is 0 Å². The molecule has 2 N–H and O–H groups in total. The summed E-state index contributed by atoms with van der Waals surface area (Å²) in [6.07, 6.45) is 0. The van der Waals surface area contributed by atoms with Crippen molar-refractivity contribution in [2.75, 3.05) is 5.73 Å². The SMILES string of the molecule is Cc1cc(Cl)ccc1C(=O)c1ccc(N)cc1Br. The average Bonchev–Trinajstić information content (AvgIpc) is 2.28. The van der Waals surface area contributed by atoms with Gasteiger partial charge in [0.05, 0.1) is 0 Å². The van der Waals surface area contributed by atoms with Crippen molar-refractivity contribution < 1.29 is 4.79 Å². The summed E-state index contributed by atoms with van der Waals surface area (Å²) >= 11 is 9.24. The van der Waals surface area contributed by atoms with Gasteiger partial charge < -0.3 is 5.73 Å². The Morgan fingerprint density at radius 3 is 2.44 bits per heavy atom. The summed E-state index contributed by atoms with van der Waals surface area (Å²) in [5.41, 5.74) is 8.37. The number of anilines is 1. The summed E-state index contributed by atoms with van der Waals surface area (Å²) in [4.78, 5) is 12.4. The number of carbonyl (C=O) groups excluding carboxylic acids is 1. The number of hydrogen-bond donors (Lipinski definition) is 1. The second kappa shape index (κ2) is 5.12. The maximum atomic E-state index is 12.4. The van der Waals surface area contributed by atoms with Crippen LogP contribution >= 0.6 is 27.5 Å². The van der Waals surface area contributed by atoms with Crippen LogP contribution in [0.5, 0.6) is 0 Å². The molecular weight excluding hydrogens is 314 g/mol. The maximum Gasteiger partial charge on any atom is 0.194 e. The molecule has 0 aliphatic heterocycles. The Kier molecular flexibility index (Phi) is 3.73. The molecule has 0 radical (unpaired) electrons. The normalized spacial score (nSPS) is 10.4. The van der Waals surface area contributed by atoms with Crippen LogP contribution in [0.15, 0.2) is 40.9 Å². The molecule has 0 heterocycles. The molecule has 0 amide bonds. The minimum absolute atomic E-state index is 0.0453. The summed E-state index contributed by atoms with van der Waals surface area (Å²) in [7, 11) is 0. The van der Waals surface area contributed by atoms with Crippen LogP contribution in [-0.2, 0) is 0 Å². The van der Waals surface area contributed by atoms with Crippen molar-refractivity contribution in [1.29, 1.82) is 0 Å². The Labute approximate surface area is 119 Å². The van der Waals surface area contributed by atoms with Gasteiger partial charge >= 0.3 is 0 Å². The average molecular weight is 325 g/mol. The number of rotatable bonds is 2. The van der Waals surface area contributed by atoms with Gasteiger partial charge in [-0.25, -0.2) is 0 Å². The summed E-state index contributed by atoms with van der Waals surface area (Å²) < 4.78 is 0.696. The van der Waals surface area contributed by atoms with Crippen molar-refractivity contribution >= 4 is 39.0 Å². The summed E-state index contributed by atoms with van der Waals surface area (Å²) in [5.74, 6) is -0.0453. The minimum atomic E-state index is -0.0453. The molecule has 4 heteroatoms. The lowest BCUT2D eigenvalue weighted by Crippen LogP contribution is -2.05. The lowest BCUT2D eigenvalue weighted by molar-refractivity contribution is 0.103. The molecule has 2 aromatic carbocycles. The summed E-state index contributed by atoms with van der Waals surface area (Å²) in [6, 6.07) is 10.4. The molecule has 0 fully saturated rings. The Hall–Kier alpha value is -1.32. The van der Waals surface area contributed by atoms with Crippen molar-refractivity contribution in [2.45, 2.75) is 6.92 Å². The van der Waals surface area contributed by atoms with E-state index in [0.29, 0.717) is 26.3 Å². The first kappa shape index (κ1) is 13.1. The monoisotopic (exact) mass is 323 g/mol. The molecule has 0 spiro atoms. The zero-order valence-electron chi connectivity index (χ0n) is 9.71. The minimum Gasteiger partial charge on any atom is -0.399 e. The third kappa shape index (κ3) is 2.57. The Bertz CT molecular complexity index is 572. The smallest absolute Gasteiger partial charge is 0.194 e. The number of nitrogen functional groups attached to an aromatic ring is 1. The second-order valence-electron chi connectivity index (χ2n) is 4.03. The maximum absolute atomic E-state index is 12.4. The first-order chi connectivity index (χ1) is 8.49. The van der Waals surface area contributed by atoms with Crippen LogP contribution in [0.3, 0.4) is 0 Å². The van der Waals surface area contributed by atoms with E-state index in [1.54, 1.807) is 36.4 Å². The summed E-state index contributed by atoms with van der Waals surface area (Å²) in [5, 5.41) is 0.625. The molecule has 2 aromatic rings. The largest absolute Gasteiger partial charge is 0.399 e. The van der Waals surface area contributed by atoms with E-state index in [2.05, 4.69) is 15.9 Å². The number of halogens is 2. The number of nitrogens with two attached hydrogens (primary N) is 1. The van der Waals surface area contributed by atoms with E-state index in [4.69, 9.17) is 17.3 Å². The van der Waals surface area contributed by atoms with Crippen LogP contribution < -0.4 is 5.73 Å². The van der Waals surface area contributed by atoms with Crippen LogP contribution in [0.2, 0.25) is 5.02 Å². The Balaban J connectivity index is 2.48. The van der Waals surface area contributed by atoms with Gasteiger partial charge in [-0.05, 0) is 64.8 Å². The summed E-state index contributed by atoms with van der Waals surface area (Å²) in [6.45, 7) is 1.87. The lowest BCUT2D eigenvalue weighted by Gasteiger charge is -2.08. The third-order valence-corrected chi connectivity index (χ3v) is 3.56. The van der Waals surface area contributed by atoms with Gasteiger partial charge in [0.15, 0.2) is 5.78 Å². The Morgan fingerprint density at radius 2 is 1.83 bits per heavy atom. The molecule has 92 valence electrons. The van der Waals surface area contributed by atoms with Crippen LogP contribution in [0.4, 0.5) is 5.69 Å². The molecule has 2 nitrogen and oxygen atoms in total. The number of benzene rings is 2. The molecular formula is C14H11BrClNO. The fourth-order valence-corrected chi connectivity index (χ4v) is 2.55. The quantitative estimate of drug-likeness (QED) is 0.664. The van der Waals surface area contributed by atoms with E-state index in [-0.39, 0.29) is 5.78 Å². The van der Waals surface area contributed by atoms with E-state index in [1.807, 2.05) is 6.92 Å². The number of aryl methyl sites for hydroxylation is 1. The molecule has 0 aliphatic rings. The van der Waals surface area contributed by atoms with Gasteiger partial charge in [0.25, 0.3) is 0 Å². The predicted octanol–water partition coefficient (Wildman–Crippen LogP) is 4.22. The van der Waals surface area contributed by atoms with Gasteiger partial charge in [0, 0.05) is 26.3 Å². The van der Waals surface area contributed by atoms with Gasteiger partial charge in [0.1, 0.15) is 0 Å². The topological polar surface area (TPSA) is 43.1 Å². The lowest BCUT2D eigenvalue weighted by atomic mass is 9.99. The van der Waals surface area contributed by atoms with Crippen LogP contribution in [-0.4, -0.2) is 5.78 Å². The highest BCUT2D eigenvalue weighted by Crippen LogP contribution is 2.25. The Morgan fingerprint density at radius 1 is 1.17 bits per heavy atom. The standard InChI is InChI=1S/C14H11BrClNO/c1-8-6-9(16)2-4-11(8)14(18)12-5-3-10(17)7-13(12)15/h2-7H,17H2,1H3. The third-order valence-electron chi connectivity index (χ3n) is 2.67. The van der Waals surface area contributed by atoms with Crippen LogP contribution in [0.1, 0.15) is 21.5 Å². The number of carbonyl (C=O) groups is 1. The second-order valence-corrected chi connectivity index (χ2v) is 5.32. The highest BCUT2D eigenvalue weighted by molar-refractivity contribution is 9.10. The molecule has 0 aliphatic carbocycles. The van der Waals surface area contributed by atoms with Crippen molar-refractivity contribution in [1.82, 2.24) is 0 Å². The van der Waals surface area contributed by atoms with Crippen LogP contribution in [0.25, 0.3) is 0 Å². The van der Waals surface area contributed by atoms with Gasteiger partial charge in [-0.3, -0.25) is 4.79 Å². The zero-order valence-corrected chi connectivity index (χ0v) is 12.0. The molecule has 0 atom stereocenters. The number of hydrogen-bond acceptors (Lipinski definition) is 2.